The van der Waals surface area contributed by atoms with Crippen LogP contribution in [0.2, 0.25) is 5.02 Å². The molecule has 8 heteroatoms. The molecule has 0 bridgehead atoms. The fourth-order valence-electron chi connectivity index (χ4n) is 2.51. The maximum absolute atomic E-state index is 12.8. The van der Waals surface area contributed by atoms with Crippen LogP contribution < -0.4 is 10.5 Å². The van der Waals surface area contributed by atoms with Gasteiger partial charge in [0, 0.05) is 5.02 Å². The van der Waals surface area contributed by atoms with Crippen LogP contribution in [0.15, 0.2) is 42.5 Å². The van der Waals surface area contributed by atoms with Crippen molar-refractivity contribution in [2.75, 3.05) is 13.2 Å². The van der Waals surface area contributed by atoms with Crippen molar-refractivity contribution >= 4 is 11.6 Å². The fourth-order valence-corrected chi connectivity index (χ4v) is 2.77. The second-order valence-corrected chi connectivity index (χ2v) is 6.82. The summed E-state index contributed by atoms with van der Waals surface area (Å²) in [5, 5.41) is 18.8. The van der Waals surface area contributed by atoms with Gasteiger partial charge in [0.2, 0.25) is 0 Å². The maximum atomic E-state index is 12.8. The van der Waals surface area contributed by atoms with Crippen molar-refractivity contribution in [3.8, 4) is 11.5 Å². The SMILES string of the molecule is NC(CO)(CO)CCCc1ccc(Oc2cccc(C(F)(F)F)c2)cc1Cl. The van der Waals surface area contributed by atoms with Gasteiger partial charge in [-0.2, -0.15) is 13.2 Å². The highest BCUT2D eigenvalue weighted by atomic mass is 35.5. The lowest BCUT2D eigenvalue weighted by Gasteiger charge is -2.24. The van der Waals surface area contributed by atoms with Crippen LogP contribution in [0.3, 0.4) is 0 Å². The molecule has 0 fully saturated rings. The molecule has 4 N–H and O–H groups in total. The molecule has 148 valence electrons. The average Bonchev–Trinajstić information content (AvgIpc) is 2.63. The third-order valence-corrected chi connectivity index (χ3v) is 4.52. The van der Waals surface area contributed by atoms with Crippen molar-refractivity contribution < 1.29 is 28.1 Å². The zero-order valence-electron chi connectivity index (χ0n) is 14.5. The van der Waals surface area contributed by atoms with Gasteiger partial charge in [-0.3, -0.25) is 0 Å². The standard InChI is InChI=1S/C19H21ClF3NO3/c20-17-10-16(27-15-5-1-4-14(9-15)19(21,22)23)7-6-13(17)3-2-8-18(24,11-25)12-26/h1,4-7,9-10,25-26H,2-3,8,11-12,24H2. The number of benzene rings is 2. The topological polar surface area (TPSA) is 75.7 Å². The first-order chi connectivity index (χ1) is 12.7. The number of alkyl halides is 3. The Balaban J connectivity index is 2.02. The summed E-state index contributed by atoms with van der Waals surface area (Å²) < 4.78 is 43.8. The van der Waals surface area contributed by atoms with Crippen molar-refractivity contribution in [3.05, 3.63) is 58.6 Å². The number of halogens is 4. The predicted molar refractivity (Wildman–Crippen MR) is 97.0 cm³/mol. The fraction of sp³-hybridized carbons (Fsp3) is 0.368. The predicted octanol–water partition coefficient (Wildman–Crippen LogP) is 4.16. The lowest BCUT2D eigenvalue weighted by atomic mass is 9.94. The summed E-state index contributed by atoms with van der Waals surface area (Å²) in [6, 6.07) is 9.48. The molecule has 0 radical (unpaired) electrons. The molecule has 4 nitrogen and oxygen atoms in total. The van der Waals surface area contributed by atoms with E-state index in [9.17, 15) is 23.4 Å². The average molecular weight is 404 g/mol. The second-order valence-electron chi connectivity index (χ2n) is 6.41. The van der Waals surface area contributed by atoms with E-state index in [4.69, 9.17) is 22.1 Å². The number of rotatable bonds is 8. The zero-order chi connectivity index (χ0) is 20.1. The molecule has 27 heavy (non-hydrogen) atoms. The first kappa shape index (κ1) is 21.5. The van der Waals surface area contributed by atoms with Gasteiger partial charge >= 0.3 is 6.18 Å². The highest BCUT2D eigenvalue weighted by molar-refractivity contribution is 6.31. The number of ether oxygens (including phenoxy) is 1. The zero-order valence-corrected chi connectivity index (χ0v) is 15.2. The number of hydrogen-bond donors (Lipinski definition) is 3. The Hall–Kier alpha value is -1.80. The smallest absolute Gasteiger partial charge is 0.416 e. The Morgan fingerprint density at radius 1 is 1.00 bits per heavy atom. The van der Waals surface area contributed by atoms with Gasteiger partial charge in [-0.25, -0.2) is 0 Å². The summed E-state index contributed by atoms with van der Waals surface area (Å²) >= 11 is 6.23. The van der Waals surface area contributed by atoms with Crippen LogP contribution in [0.4, 0.5) is 13.2 Å². The number of nitrogens with two attached hydrogens (primary N) is 1. The van der Waals surface area contributed by atoms with Crippen molar-refractivity contribution in [2.24, 2.45) is 5.73 Å². The van der Waals surface area contributed by atoms with Gasteiger partial charge in [0.05, 0.1) is 24.3 Å². The molecule has 0 spiro atoms. The third-order valence-electron chi connectivity index (χ3n) is 4.17. The molecule has 0 amide bonds. The van der Waals surface area contributed by atoms with E-state index in [1.807, 2.05) is 0 Å². The van der Waals surface area contributed by atoms with E-state index in [-0.39, 0.29) is 19.0 Å². The van der Waals surface area contributed by atoms with Gasteiger partial charge < -0.3 is 20.7 Å². The lowest BCUT2D eigenvalue weighted by Crippen LogP contribution is -2.47. The minimum Gasteiger partial charge on any atom is -0.457 e. The first-order valence-corrected chi connectivity index (χ1v) is 8.69. The number of aliphatic hydroxyl groups is 2. The molecule has 2 rings (SSSR count). The summed E-state index contributed by atoms with van der Waals surface area (Å²) in [5.41, 5.74) is 4.81. The van der Waals surface area contributed by atoms with Gasteiger partial charge in [0.1, 0.15) is 11.5 Å². The molecule has 0 unspecified atom stereocenters. The van der Waals surface area contributed by atoms with Crippen LogP contribution >= 0.6 is 11.6 Å². The molecule has 2 aromatic carbocycles. The highest BCUT2D eigenvalue weighted by Crippen LogP contribution is 2.33. The van der Waals surface area contributed by atoms with Crippen LogP contribution in [0.5, 0.6) is 11.5 Å². The summed E-state index contributed by atoms with van der Waals surface area (Å²) in [6.07, 6.45) is -2.85. The maximum Gasteiger partial charge on any atom is 0.416 e. The van der Waals surface area contributed by atoms with Crippen molar-refractivity contribution in [2.45, 2.75) is 31.0 Å². The van der Waals surface area contributed by atoms with Gasteiger partial charge in [0.15, 0.2) is 0 Å². The Morgan fingerprint density at radius 2 is 1.67 bits per heavy atom. The molecule has 0 aromatic heterocycles. The Bertz CT molecular complexity index is 764. The van der Waals surface area contributed by atoms with Gasteiger partial charge in [-0.1, -0.05) is 23.7 Å². The van der Waals surface area contributed by atoms with Crippen LogP contribution in [0.1, 0.15) is 24.0 Å². The first-order valence-electron chi connectivity index (χ1n) is 8.31. The summed E-state index contributed by atoms with van der Waals surface area (Å²) in [5.74, 6) is 0.384. The number of aliphatic hydroxyl groups excluding tert-OH is 2. The van der Waals surface area contributed by atoms with Crippen LogP contribution in [0, 0.1) is 0 Å². The van der Waals surface area contributed by atoms with Crippen LogP contribution in [-0.2, 0) is 12.6 Å². The van der Waals surface area contributed by atoms with Gasteiger partial charge in [-0.15, -0.1) is 0 Å². The van der Waals surface area contributed by atoms with E-state index >= 15 is 0 Å². The second kappa shape index (κ2) is 8.93. The Labute approximate surface area is 160 Å². The molecule has 2 aromatic rings. The molecule has 0 aliphatic carbocycles. The summed E-state index contributed by atoms with van der Waals surface area (Å²) in [4.78, 5) is 0. The highest BCUT2D eigenvalue weighted by Gasteiger charge is 2.30. The quantitative estimate of drug-likeness (QED) is 0.618. The van der Waals surface area contributed by atoms with E-state index in [0.717, 1.165) is 17.7 Å². The van der Waals surface area contributed by atoms with Gasteiger partial charge in [0.25, 0.3) is 0 Å². The minimum absolute atomic E-state index is 0.0625. The Morgan fingerprint density at radius 3 is 2.26 bits per heavy atom. The Kier molecular flexibility index (Phi) is 7.11. The monoisotopic (exact) mass is 403 g/mol. The lowest BCUT2D eigenvalue weighted by molar-refractivity contribution is -0.137. The molecule has 0 saturated heterocycles. The number of aryl methyl sites for hydroxylation is 1. The van der Waals surface area contributed by atoms with E-state index in [0.29, 0.717) is 30.0 Å². The van der Waals surface area contributed by atoms with E-state index in [1.165, 1.54) is 18.2 Å². The molecule has 0 aliphatic rings. The largest absolute Gasteiger partial charge is 0.457 e. The molecule has 0 heterocycles. The van der Waals surface area contributed by atoms with Crippen molar-refractivity contribution in [1.82, 2.24) is 0 Å². The van der Waals surface area contributed by atoms with E-state index in [1.54, 1.807) is 12.1 Å². The molecule has 0 aliphatic heterocycles. The van der Waals surface area contributed by atoms with Crippen molar-refractivity contribution in [3.63, 3.8) is 0 Å². The minimum atomic E-state index is -4.44. The normalized spacial score (nSPS) is 12.3. The third kappa shape index (κ3) is 6.10. The molecular formula is C19H21ClF3NO3. The van der Waals surface area contributed by atoms with Crippen LogP contribution in [0.25, 0.3) is 0 Å². The summed E-state index contributed by atoms with van der Waals surface area (Å²) in [7, 11) is 0. The number of hydrogen-bond acceptors (Lipinski definition) is 4. The van der Waals surface area contributed by atoms with Gasteiger partial charge in [-0.05, 0) is 55.2 Å². The molecule has 0 atom stereocenters. The summed E-state index contributed by atoms with van der Waals surface area (Å²) in [6.45, 7) is -0.637. The van der Waals surface area contributed by atoms with E-state index in [2.05, 4.69) is 0 Å². The molecular weight excluding hydrogens is 383 g/mol. The van der Waals surface area contributed by atoms with Crippen LogP contribution in [-0.4, -0.2) is 29.0 Å². The molecule has 0 saturated carbocycles. The van der Waals surface area contributed by atoms with E-state index < -0.39 is 17.3 Å². The van der Waals surface area contributed by atoms with Crippen molar-refractivity contribution in [1.29, 1.82) is 0 Å².